The third-order valence-electron chi connectivity index (χ3n) is 2.88. The van der Waals surface area contributed by atoms with E-state index in [2.05, 4.69) is 0 Å². The van der Waals surface area contributed by atoms with E-state index in [1.165, 1.54) is 35.2 Å². The summed E-state index contributed by atoms with van der Waals surface area (Å²) in [5, 5.41) is 9.47. The molecule has 2 aromatic carbocycles. The number of hydrogen-bond acceptors (Lipinski definition) is 2. The van der Waals surface area contributed by atoms with Crippen LogP contribution < -0.4 is 4.90 Å². The van der Waals surface area contributed by atoms with Crippen molar-refractivity contribution in [3.05, 3.63) is 58.9 Å². The Bertz CT molecular complexity index is 646. The maximum absolute atomic E-state index is 13.3. The Morgan fingerprint density at radius 1 is 1.30 bits per heavy atom. The number of phenolic OH excluding ortho intramolecular Hbond substituents is 1. The Kier molecular flexibility index (Phi) is 4.25. The van der Waals surface area contributed by atoms with Crippen LogP contribution in [-0.2, 0) is 0 Å². The van der Waals surface area contributed by atoms with Gasteiger partial charge in [0.2, 0.25) is 0 Å². The molecule has 104 valence electrons. The molecule has 5 heteroatoms. The smallest absolute Gasteiger partial charge is 0.258 e. The molecule has 2 aromatic rings. The van der Waals surface area contributed by atoms with Crippen LogP contribution in [0.25, 0.3) is 0 Å². The summed E-state index contributed by atoms with van der Waals surface area (Å²) in [5.41, 5.74) is 0.806. The summed E-state index contributed by atoms with van der Waals surface area (Å²) in [4.78, 5) is 13.9. The van der Waals surface area contributed by atoms with Gasteiger partial charge in [-0.2, -0.15) is 0 Å². The lowest BCUT2D eigenvalue weighted by Gasteiger charge is -2.21. The molecule has 3 nitrogen and oxygen atoms in total. The molecule has 20 heavy (non-hydrogen) atoms. The molecule has 0 saturated carbocycles. The van der Waals surface area contributed by atoms with Crippen molar-refractivity contribution in [2.24, 2.45) is 0 Å². The zero-order valence-electron chi connectivity index (χ0n) is 10.8. The van der Waals surface area contributed by atoms with Crippen molar-refractivity contribution < 1.29 is 14.3 Å². The van der Waals surface area contributed by atoms with Gasteiger partial charge in [0.05, 0.1) is 5.02 Å². The lowest BCUT2D eigenvalue weighted by Crippen LogP contribution is -2.30. The number of hydrogen-bond donors (Lipinski definition) is 1. The SMILES string of the molecule is CCN(C(=O)c1ccc(O)c(Cl)c1)c1cccc(F)c1. The number of rotatable bonds is 3. The summed E-state index contributed by atoms with van der Waals surface area (Å²) in [6.07, 6.45) is 0. The number of carbonyl (C=O) groups excluding carboxylic acids is 1. The highest BCUT2D eigenvalue weighted by atomic mass is 35.5. The van der Waals surface area contributed by atoms with Crippen molar-refractivity contribution in [1.29, 1.82) is 0 Å². The van der Waals surface area contributed by atoms with Crippen LogP contribution in [0.3, 0.4) is 0 Å². The number of nitrogens with zero attached hydrogens (tertiary/aromatic N) is 1. The standard InChI is InChI=1S/C15H13ClFNO2/c1-2-18(12-5-3-4-11(17)9-12)15(20)10-6-7-14(19)13(16)8-10/h3-9,19H,2H2,1H3. The Morgan fingerprint density at radius 3 is 2.65 bits per heavy atom. The molecule has 0 heterocycles. The molecule has 0 aliphatic rings. The number of aromatic hydroxyl groups is 1. The molecule has 0 spiro atoms. The minimum Gasteiger partial charge on any atom is -0.506 e. The molecule has 1 N–H and O–H groups in total. The zero-order chi connectivity index (χ0) is 14.7. The molecular formula is C15H13ClFNO2. The summed E-state index contributed by atoms with van der Waals surface area (Å²) in [5.74, 6) is -0.797. The van der Waals surface area contributed by atoms with Gasteiger partial charge in [-0.1, -0.05) is 17.7 Å². The number of phenols is 1. The molecule has 0 bridgehead atoms. The van der Waals surface area contributed by atoms with E-state index >= 15 is 0 Å². The van der Waals surface area contributed by atoms with E-state index in [0.717, 1.165) is 0 Å². The highest BCUT2D eigenvalue weighted by Crippen LogP contribution is 2.25. The molecule has 0 radical (unpaired) electrons. The Morgan fingerprint density at radius 2 is 2.05 bits per heavy atom. The predicted octanol–water partition coefficient (Wildman–Crippen LogP) is 3.85. The molecule has 1 amide bonds. The lowest BCUT2D eigenvalue weighted by molar-refractivity contribution is 0.0988. The first kappa shape index (κ1) is 14.3. The highest BCUT2D eigenvalue weighted by Gasteiger charge is 2.17. The monoisotopic (exact) mass is 293 g/mol. The van der Waals surface area contributed by atoms with E-state index in [1.807, 2.05) is 0 Å². The number of halogens is 2. The molecule has 0 aromatic heterocycles. The van der Waals surface area contributed by atoms with E-state index in [4.69, 9.17) is 11.6 Å². The molecule has 0 aliphatic carbocycles. The van der Waals surface area contributed by atoms with Crippen molar-refractivity contribution in [1.82, 2.24) is 0 Å². The molecule has 0 aliphatic heterocycles. The first-order valence-corrected chi connectivity index (χ1v) is 6.46. The number of carbonyl (C=O) groups is 1. The van der Waals surface area contributed by atoms with Crippen molar-refractivity contribution in [2.45, 2.75) is 6.92 Å². The summed E-state index contributed by atoms with van der Waals surface area (Å²) in [6.45, 7) is 2.19. The van der Waals surface area contributed by atoms with Crippen LogP contribution in [0.5, 0.6) is 5.75 Å². The Balaban J connectivity index is 2.36. The topological polar surface area (TPSA) is 40.5 Å². The predicted molar refractivity (Wildman–Crippen MR) is 76.9 cm³/mol. The van der Waals surface area contributed by atoms with Gasteiger partial charge in [0.1, 0.15) is 11.6 Å². The van der Waals surface area contributed by atoms with Gasteiger partial charge >= 0.3 is 0 Å². The third kappa shape index (κ3) is 2.91. The average Bonchev–Trinajstić information content (AvgIpc) is 2.42. The fourth-order valence-corrected chi connectivity index (χ4v) is 2.06. The van der Waals surface area contributed by atoms with Gasteiger partial charge in [-0.25, -0.2) is 4.39 Å². The first-order chi connectivity index (χ1) is 9.52. The molecule has 0 unspecified atom stereocenters. The van der Waals surface area contributed by atoms with E-state index in [1.54, 1.807) is 19.1 Å². The Hall–Kier alpha value is -2.07. The van der Waals surface area contributed by atoms with Gasteiger partial charge in [-0.3, -0.25) is 4.79 Å². The van der Waals surface area contributed by atoms with E-state index in [-0.39, 0.29) is 16.7 Å². The maximum Gasteiger partial charge on any atom is 0.258 e. The van der Waals surface area contributed by atoms with Gasteiger partial charge in [0.15, 0.2) is 0 Å². The van der Waals surface area contributed by atoms with Gasteiger partial charge in [0, 0.05) is 17.8 Å². The highest BCUT2D eigenvalue weighted by molar-refractivity contribution is 6.32. The summed E-state index contributed by atoms with van der Waals surface area (Å²) in [6, 6.07) is 10.0. The number of amides is 1. The van der Waals surface area contributed by atoms with Crippen LogP contribution in [0.1, 0.15) is 17.3 Å². The molecule has 0 saturated heterocycles. The zero-order valence-corrected chi connectivity index (χ0v) is 11.6. The van der Waals surface area contributed by atoms with E-state index < -0.39 is 5.82 Å². The number of anilines is 1. The van der Waals surface area contributed by atoms with Gasteiger partial charge in [-0.05, 0) is 43.3 Å². The van der Waals surface area contributed by atoms with Gasteiger partial charge in [-0.15, -0.1) is 0 Å². The van der Waals surface area contributed by atoms with E-state index in [0.29, 0.717) is 17.8 Å². The fourth-order valence-electron chi connectivity index (χ4n) is 1.88. The van der Waals surface area contributed by atoms with Crippen molar-refractivity contribution >= 4 is 23.2 Å². The van der Waals surface area contributed by atoms with Crippen molar-refractivity contribution in [3.8, 4) is 5.75 Å². The minimum absolute atomic E-state index is 0.0861. The lowest BCUT2D eigenvalue weighted by atomic mass is 10.1. The van der Waals surface area contributed by atoms with E-state index in [9.17, 15) is 14.3 Å². The summed E-state index contributed by atoms with van der Waals surface area (Å²) < 4.78 is 13.3. The van der Waals surface area contributed by atoms with Gasteiger partial charge < -0.3 is 10.0 Å². The second-order valence-electron chi connectivity index (χ2n) is 4.20. The molecular weight excluding hydrogens is 281 g/mol. The average molecular weight is 294 g/mol. The van der Waals surface area contributed by atoms with Crippen LogP contribution >= 0.6 is 11.6 Å². The summed E-state index contributed by atoms with van der Waals surface area (Å²) in [7, 11) is 0. The molecule has 0 atom stereocenters. The second kappa shape index (κ2) is 5.92. The summed E-state index contributed by atoms with van der Waals surface area (Å²) >= 11 is 5.80. The van der Waals surface area contributed by atoms with Crippen LogP contribution in [-0.4, -0.2) is 17.6 Å². The second-order valence-corrected chi connectivity index (χ2v) is 4.60. The largest absolute Gasteiger partial charge is 0.506 e. The molecule has 0 fully saturated rings. The third-order valence-corrected chi connectivity index (χ3v) is 3.18. The Labute approximate surface area is 121 Å². The van der Waals surface area contributed by atoms with Crippen molar-refractivity contribution in [3.63, 3.8) is 0 Å². The van der Waals surface area contributed by atoms with Crippen LogP contribution in [0.2, 0.25) is 5.02 Å². The van der Waals surface area contributed by atoms with Crippen LogP contribution in [0.15, 0.2) is 42.5 Å². The normalized spacial score (nSPS) is 10.3. The fraction of sp³-hybridized carbons (Fsp3) is 0.133. The number of benzene rings is 2. The first-order valence-electron chi connectivity index (χ1n) is 6.09. The minimum atomic E-state index is -0.405. The van der Waals surface area contributed by atoms with Crippen LogP contribution in [0.4, 0.5) is 10.1 Å². The van der Waals surface area contributed by atoms with Gasteiger partial charge in [0.25, 0.3) is 5.91 Å². The van der Waals surface area contributed by atoms with Crippen molar-refractivity contribution in [2.75, 3.05) is 11.4 Å². The maximum atomic E-state index is 13.3. The quantitative estimate of drug-likeness (QED) is 0.934. The van der Waals surface area contributed by atoms with Crippen LogP contribution in [0, 0.1) is 5.82 Å². The molecule has 2 rings (SSSR count).